The van der Waals surface area contributed by atoms with Crippen LogP contribution in [0, 0.1) is 0 Å². The van der Waals surface area contributed by atoms with E-state index in [1.165, 1.54) is 18.8 Å². The molecule has 9 nitrogen and oxygen atoms in total. The zero-order chi connectivity index (χ0) is 23.3. The van der Waals surface area contributed by atoms with Crippen molar-refractivity contribution in [1.82, 2.24) is 19.6 Å². The van der Waals surface area contributed by atoms with Gasteiger partial charge in [0.05, 0.1) is 24.1 Å². The van der Waals surface area contributed by atoms with Gasteiger partial charge in [-0.05, 0) is 25.0 Å². The first-order chi connectivity index (χ1) is 15.0. The molecule has 0 unspecified atom stereocenters. The number of hydrogen-bond donors (Lipinski definition) is 1. The van der Waals surface area contributed by atoms with E-state index in [1.807, 2.05) is 0 Å². The van der Waals surface area contributed by atoms with Crippen LogP contribution in [0.5, 0.6) is 5.75 Å². The molecule has 13 heteroatoms. The summed E-state index contributed by atoms with van der Waals surface area (Å²) in [5.41, 5.74) is -0.0587. The van der Waals surface area contributed by atoms with Gasteiger partial charge in [-0.1, -0.05) is 0 Å². The number of aryl methyl sites for hydroxylation is 2. The zero-order valence-electron chi connectivity index (χ0n) is 17.7. The number of rotatable bonds is 5. The van der Waals surface area contributed by atoms with Gasteiger partial charge in [0, 0.05) is 38.6 Å². The van der Waals surface area contributed by atoms with Crippen LogP contribution >= 0.6 is 0 Å². The van der Waals surface area contributed by atoms with Gasteiger partial charge in [0.25, 0.3) is 0 Å². The standard InChI is InChI=1S/C19H23F3N6O3S/c1-26-16(10-15(24-26)19(20,21)22)28-8-6-13(7-9-28)32(29,30)25-17-14(31-3)5-4-12-11-23-27(2)18(12)17/h4-5,10-11,13,25H,6-9H2,1-3H3. The highest BCUT2D eigenvalue weighted by Gasteiger charge is 2.37. The van der Waals surface area contributed by atoms with Gasteiger partial charge < -0.3 is 9.64 Å². The van der Waals surface area contributed by atoms with Crippen molar-refractivity contribution in [2.45, 2.75) is 24.3 Å². The van der Waals surface area contributed by atoms with E-state index in [4.69, 9.17) is 4.74 Å². The lowest BCUT2D eigenvalue weighted by molar-refractivity contribution is -0.141. The van der Waals surface area contributed by atoms with Crippen molar-refractivity contribution in [3.05, 3.63) is 30.1 Å². The summed E-state index contributed by atoms with van der Waals surface area (Å²) in [6.45, 7) is 0.574. The minimum absolute atomic E-state index is 0.255. The van der Waals surface area contributed by atoms with Crippen molar-refractivity contribution in [3.63, 3.8) is 0 Å². The van der Waals surface area contributed by atoms with Gasteiger partial charge >= 0.3 is 6.18 Å². The fraction of sp³-hybridized carbons (Fsp3) is 0.474. The minimum atomic E-state index is -4.53. The van der Waals surface area contributed by atoms with Crippen LogP contribution in [-0.4, -0.2) is 53.4 Å². The Labute approximate surface area is 182 Å². The molecule has 0 saturated carbocycles. The number of nitrogens with one attached hydrogen (secondary N) is 1. The Morgan fingerprint density at radius 2 is 1.84 bits per heavy atom. The Morgan fingerprint density at radius 3 is 2.44 bits per heavy atom. The van der Waals surface area contributed by atoms with E-state index in [-0.39, 0.29) is 25.9 Å². The number of aromatic nitrogens is 4. The largest absolute Gasteiger partial charge is 0.494 e. The molecule has 1 saturated heterocycles. The van der Waals surface area contributed by atoms with Crippen LogP contribution < -0.4 is 14.4 Å². The Kier molecular flexibility index (Phi) is 5.47. The molecule has 1 aromatic carbocycles. The summed E-state index contributed by atoms with van der Waals surface area (Å²) in [5, 5.41) is 7.76. The summed E-state index contributed by atoms with van der Waals surface area (Å²) in [7, 11) is 0.816. The predicted octanol–water partition coefficient (Wildman–Crippen LogP) is 2.74. The quantitative estimate of drug-likeness (QED) is 0.614. The third kappa shape index (κ3) is 3.96. The topological polar surface area (TPSA) is 94.3 Å². The Hall–Kier alpha value is -2.96. The number of methoxy groups -OCH3 is 1. The fourth-order valence-electron chi connectivity index (χ4n) is 4.03. The first-order valence-electron chi connectivity index (χ1n) is 9.88. The van der Waals surface area contributed by atoms with Crippen LogP contribution in [0.2, 0.25) is 0 Å². The highest BCUT2D eigenvalue weighted by molar-refractivity contribution is 7.93. The molecule has 1 fully saturated rings. The smallest absolute Gasteiger partial charge is 0.435 e. The lowest BCUT2D eigenvalue weighted by Crippen LogP contribution is -2.42. The molecule has 1 N–H and O–H groups in total. The maximum atomic E-state index is 13.2. The van der Waals surface area contributed by atoms with Gasteiger partial charge in [0.2, 0.25) is 10.0 Å². The predicted molar refractivity (Wildman–Crippen MR) is 113 cm³/mol. The molecule has 3 heterocycles. The maximum Gasteiger partial charge on any atom is 0.435 e. The van der Waals surface area contributed by atoms with Crippen LogP contribution in [0.15, 0.2) is 24.4 Å². The number of halogens is 3. The lowest BCUT2D eigenvalue weighted by Gasteiger charge is -2.33. The van der Waals surface area contributed by atoms with E-state index in [9.17, 15) is 21.6 Å². The van der Waals surface area contributed by atoms with Crippen LogP contribution in [0.25, 0.3) is 10.9 Å². The third-order valence-corrected chi connectivity index (χ3v) is 7.52. The average molecular weight is 472 g/mol. The normalized spacial score (nSPS) is 16.0. The highest BCUT2D eigenvalue weighted by Crippen LogP contribution is 2.36. The van der Waals surface area contributed by atoms with E-state index in [0.717, 1.165) is 11.5 Å². The number of fused-ring (bicyclic) bond motifs is 1. The van der Waals surface area contributed by atoms with Crippen LogP contribution in [0.4, 0.5) is 24.7 Å². The second-order valence-corrected chi connectivity index (χ2v) is 9.65. The van der Waals surface area contributed by atoms with Gasteiger partial charge in [-0.2, -0.15) is 23.4 Å². The number of anilines is 2. The number of hydrogen-bond acceptors (Lipinski definition) is 6. The molecule has 0 amide bonds. The first kappa shape index (κ1) is 22.2. The summed E-state index contributed by atoms with van der Waals surface area (Å²) in [4.78, 5) is 1.72. The monoisotopic (exact) mass is 472 g/mol. The number of alkyl halides is 3. The molecule has 0 radical (unpaired) electrons. The maximum absolute atomic E-state index is 13.2. The van der Waals surface area contributed by atoms with Crippen molar-refractivity contribution in [1.29, 1.82) is 0 Å². The van der Waals surface area contributed by atoms with E-state index < -0.39 is 27.1 Å². The average Bonchev–Trinajstić information content (AvgIpc) is 3.31. The molecule has 0 aliphatic carbocycles. The van der Waals surface area contributed by atoms with Gasteiger partial charge in [-0.25, -0.2) is 8.42 Å². The molecule has 0 bridgehead atoms. The summed E-state index contributed by atoms with van der Waals surface area (Å²) >= 11 is 0. The molecule has 174 valence electrons. The molecular weight excluding hydrogens is 449 g/mol. The van der Waals surface area contributed by atoms with Gasteiger partial charge in [-0.3, -0.25) is 14.1 Å². The fourth-order valence-corrected chi connectivity index (χ4v) is 5.51. The molecule has 32 heavy (non-hydrogen) atoms. The first-order valence-corrected chi connectivity index (χ1v) is 11.4. The SMILES string of the molecule is COc1ccc2cnn(C)c2c1NS(=O)(=O)C1CCN(c2cc(C(F)(F)F)nn2C)CC1. The Bertz CT molecular complexity index is 1240. The van der Waals surface area contributed by atoms with Gasteiger partial charge in [-0.15, -0.1) is 0 Å². The number of piperidine rings is 1. The number of nitrogens with zero attached hydrogens (tertiary/aromatic N) is 5. The van der Waals surface area contributed by atoms with Crippen LogP contribution in [0.1, 0.15) is 18.5 Å². The molecule has 1 aliphatic rings. The van der Waals surface area contributed by atoms with Crippen molar-refractivity contribution in [2.75, 3.05) is 29.8 Å². The van der Waals surface area contributed by atoms with Crippen molar-refractivity contribution in [3.8, 4) is 5.75 Å². The zero-order valence-corrected chi connectivity index (χ0v) is 18.5. The van der Waals surface area contributed by atoms with Crippen molar-refractivity contribution >= 4 is 32.4 Å². The third-order valence-electron chi connectivity index (χ3n) is 5.68. The second kappa shape index (κ2) is 7.87. The van der Waals surface area contributed by atoms with Crippen molar-refractivity contribution in [2.24, 2.45) is 14.1 Å². The molecule has 3 aromatic rings. The molecule has 4 rings (SSSR count). The van der Waals surface area contributed by atoms with Crippen LogP contribution in [-0.2, 0) is 30.3 Å². The molecule has 0 spiro atoms. The van der Waals surface area contributed by atoms with Gasteiger partial charge in [0.15, 0.2) is 5.69 Å². The van der Waals surface area contributed by atoms with E-state index in [0.29, 0.717) is 22.8 Å². The molecule has 1 aliphatic heterocycles. The van der Waals surface area contributed by atoms with E-state index >= 15 is 0 Å². The van der Waals surface area contributed by atoms with Crippen LogP contribution in [0.3, 0.4) is 0 Å². The number of ether oxygens (including phenoxy) is 1. The minimum Gasteiger partial charge on any atom is -0.494 e. The van der Waals surface area contributed by atoms with E-state index in [2.05, 4.69) is 14.9 Å². The Balaban J connectivity index is 1.53. The molecular formula is C19H23F3N6O3S. The molecule has 0 atom stereocenters. The van der Waals surface area contributed by atoms with E-state index in [1.54, 1.807) is 35.0 Å². The summed E-state index contributed by atoms with van der Waals surface area (Å²) < 4.78 is 75.9. The summed E-state index contributed by atoms with van der Waals surface area (Å²) in [6.07, 6.45) is -2.39. The number of benzene rings is 1. The summed E-state index contributed by atoms with van der Waals surface area (Å²) in [5.74, 6) is 0.680. The second-order valence-electron chi connectivity index (χ2n) is 7.69. The lowest BCUT2D eigenvalue weighted by atomic mass is 10.1. The Morgan fingerprint density at radius 1 is 1.16 bits per heavy atom. The highest BCUT2D eigenvalue weighted by atomic mass is 32.2. The van der Waals surface area contributed by atoms with Crippen molar-refractivity contribution < 1.29 is 26.3 Å². The molecule has 2 aromatic heterocycles. The summed E-state index contributed by atoms with van der Waals surface area (Å²) in [6, 6.07) is 4.45. The number of sulfonamides is 1. The van der Waals surface area contributed by atoms with Gasteiger partial charge in [0.1, 0.15) is 17.3 Å².